The lowest BCUT2D eigenvalue weighted by Crippen LogP contribution is -2.50. The topological polar surface area (TPSA) is 111 Å². The van der Waals surface area contributed by atoms with Crippen LogP contribution in [0.15, 0.2) is 34.7 Å². The zero-order valence-electron chi connectivity index (χ0n) is 18.1. The lowest BCUT2D eigenvalue weighted by atomic mass is 10.1. The monoisotopic (exact) mass is 476 g/mol. The SMILES string of the molecule is CCc1c(C(=O)N2CCN(S(=O)(=O)c3ccc(C)s3)CC2)cnn1-c1ccc(OC)nn1. The summed E-state index contributed by atoms with van der Waals surface area (Å²) in [6, 6.07) is 6.84. The Bertz CT molecular complexity index is 1210. The van der Waals surface area contributed by atoms with E-state index in [-0.39, 0.29) is 19.0 Å². The van der Waals surface area contributed by atoms with Crippen molar-refractivity contribution in [1.82, 2.24) is 29.2 Å². The summed E-state index contributed by atoms with van der Waals surface area (Å²) < 4.78 is 34.1. The Morgan fingerprint density at radius 3 is 2.44 bits per heavy atom. The highest BCUT2D eigenvalue weighted by atomic mass is 32.2. The molecule has 0 radical (unpaired) electrons. The molecule has 3 aromatic rings. The predicted molar refractivity (Wildman–Crippen MR) is 119 cm³/mol. The third-order valence-corrected chi connectivity index (χ3v) is 8.69. The summed E-state index contributed by atoms with van der Waals surface area (Å²) in [5, 5.41) is 12.4. The second-order valence-corrected chi connectivity index (χ2v) is 10.7. The number of hydrogen-bond acceptors (Lipinski definition) is 8. The molecule has 0 unspecified atom stereocenters. The molecule has 3 aromatic heterocycles. The fraction of sp³-hybridized carbons (Fsp3) is 0.400. The number of rotatable bonds is 6. The summed E-state index contributed by atoms with van der Waals surface area (Å²) in [6.45, 7) is 4.96. The van der Waals surface area contributed by atoms with Gasteiger partial charge in [-0.1, -0.05) is 6.92 Å². The fourth-order valence-corrected chi connectivity index (χ4v) is 6.46. The predicted octanol–water partition coefficient (Wildman–Crippen LogP) is 1.75. The van der Waals surface area contributed by atoms with Crippen LogP contribution in [-0.4, -0.2) is 76.8 Å². The number of sulfonamides is 1. The van der Waals surface area contributed by atoms with Gasteiger partial charge in [-0.2, -0.15) is 9.40 Å². The van der Waals surface area contributed by atoms with E-state index in [0.717, 1.165) is 10.6 Å². The number of nitrogens with zero attached hydrogens (tertiary/aromatic N) is 6. The maximum absolute atomic E-state index is 13.2. The number of carbonyl (C=O) groups excluding carboxylic acids is 1. The van der Waals surface area contributed by atoms with E-state index >= 15 is 0 Å². The summed E-state index contributed by atoms with van der Waals surface area (Å²) in [7, 11) is -2.02. The minimum atomic E-state index is -3.53. The van der Waals surface area contributed by atoms with Gasteiger partial charge >= 0.3 is 0 Å². The molecule has 12 heteroatoms. The Hall–Kier alpha value is -2.83. The van der Waals surface area contributed by atoms with Crippen LogP contribution in [0.3, 0.4) is 0 Å². The Labute approximate surface area is 190 Å². The van der Waals surface area contributed by atoms with Gasteiger partial charge in [-0.25, -0.2) is 13.1 Å². The van der Waals surface area contributed by atoms with Gasteiger partial charge in [-0.05, 0) is 31.5 Å². The standard InChI is InChI=1S/C20H24N6O4S2/c1-4-16-15(13-21-26(16)17-6-7-18(30-3)23-22-17)20(27)24-9-11-25(12-10-24)32(28,29)19-8-5-14(2)31-19/h5-8,13H,4,9-12H2,1-3H3. The fourth-order valence-electron chi connectivity index (χ4n) is 3.60. The van der Waals surface area contributed by atoms with E-state index in [0.29, 0.717) is 41.0 Å². The third-order valence-electron chi connectivity index (χ3n) is 5.32. The molecule has 1 fully saturated rings. The van der Waals surface area contributed by atoms with Gasteiger partial charge in [0, 0.05) is 37.1 Å². The van der Waals surface area contributed by atoms with Crippen molar-refractivity contribution in [2.45, 2.75) is 24.5 Å². The molecule has 0 atom stereocenters. The lowest BCUT2D eigenvalue weighted by molar-refractivity contribution is 0.0697. The number of aromatic nitrogens is 4. The number of aryl methyl sites for hydroxylation is 1. The molecule has 0 aromatic carbocycles. The average Bonchev–Trinajstić information content (AvgIpc) is 3.45. The number of ether oxygens (including phenoxy) is 1. The smallest absolute Gasteiger partial charge is 0.257 e. The Morgan fingerprint density at radius 1 is 1.12 bits per heavy atom. The average molecular weight is 477 g/mol. The summed E-state index contributed by atoms with van der Waals surface area (Å²) in [5.41, 5.74) is 1.20. The molecule has 1 saturated heterocycles. The largest absolute Gasteiger partial charge is 0.480 e. The molecule has 170 valence electrons. The molecule has 1 amide bonds. The first-order valence-electron chi connectivity index (χ1n) is 10.2. The summed E-state index contributed by atoms with van der Waals surface area (Å²) in [6.07, 6.45) is 2.10. The Morgan fingerprint density at radius 2 is 1.88 bits per heavy atom. The minimum absolute atomic E-state index is 0.168. The van der Waals surface area contributed by atoms with Crippen LogP contribution < -0.4 is 4.74 Å². The van der Waals surface area contributed by atoms with Gasteiger partial charge in [0.25, 0.3) is 15.9 Å². The van der Waals surface area contributed by atoms with Crippen LogP contribution in [0.2, 0.25) is 0 Å². The van der Waals surface area contributed by atoms with E-state index in [1.54, 1.807) is 33.8 Å². The van der Waals surface area contributed by atoms with Gasteiger partial charge in [0.05, 0.1) is 24.6 Å². The number of thiophene rings is 1. The number of hydrogen-bond donors (Lipinski definition) is 0. The Kier molecular flexibility index (Phi) is 6.26. The van der Waals surface area contributed by atoms with Crippen molar-refractivity contribution in [2.24, 2.45) is 0 Å². The van der Waals surface area contributed by atoms with Gasteiger partial charge in [0.15, 0.2) is 5.82 Å². The van der Waals surface area contributed by atoms with Crippen molar-refractivity contribution in [2.75, 3.05) is 33.3 Å². The molecule has 10 nitrogen and oxygen atoms in total. The van der Waals surface area contributed by atoms with Crippen LogP contribution in [0.1, 0.15) is 27.9 Å². The van der Waals surface area contributed by atoms with Crippen molar-refractivity contribution in [1.29, 1.82) is 0 Å². The molecule has 32 heavy (non-hydrogen) atoms. The van der Waals surface area contributed by atoms with Gasteiger partial charge in [-0.3, -0.25) is 4.79 Å². The van der Waals surface area contributed by atoms with Crippen LogP contribution in [0.4, 0.5) is 0 Å². The van der Waals surface area contributed by atoms with Gasteiger partial charge in [0.1, 0.15) is 4.21 Å². The molecular formula is C20H24N6O4S2. The van der Waals surface area contributed by atoms with E-state index in [9.17, 15) is 13.2 Å². The maximum atomic E-state index is 13.2. The molecular weight excluding hydrogens is 452 g/mol. The van der Waals surface area contributed by atoms with E-state index < -0.39 is 10.0 Å². The lowest BCUT2D eigenvalue weighted by Gasteiger charge is -2.33. The first kappa shape index (κ1) is 22.4. The minimum Gasteiger partial charge on any atom is -0.480 e. The van der Waals surface area contributed by atoms with E-state index in [1.165, 1.54) is 28.9 Å². The molecule has 4 rings (SSSR count). The van der Waals surface area contributed by atoms with Gasteiger partial charge < -0.3 is 9.64 Å². The quantitative estimate of drug-likeness (QED) is 0.533. The van der Waals surface area contributed by atoms with Crippen LogP contribution in [-0.2, 0) is 16.4 Å². The number of carbonyl (C=O) groups is 1. The van der Waals surface area contributed by atoms with Crippen molar-refractivity contribution in [3.8, 4) is 11.7 Å². The third kappa shape index (κ3) is 4.12. The van der Waals surface area contributed by atoms with E-state index in [1.807, 2.05) is 13.8 Å². The van der Waals surface area contributed by atoms with Crippen LogP contribution in [0, 0.1) is 6.92 Å². The van der Waals surface area contributed by atoms with Gasteiger partial charge in [0.2, 0.25) is 5.88 Å². The second-order valence-electron chi connectivity index (χ2n) is 7.27. The van der Waals surface area contributed by atoms with Crippen molar-refractivity contribution >= 4 is 27.3 Å². The van der Waals surface area contributed by atoms with Crippen molar-refractivity contribution in [3.63, 3.8) is 0 Å². The van der Waals surface area contributed by atoms with Crippen LogP contribution >= 0.6 is 11.3 Å². The normalized spacial score (nSPS) is 15.2. The van der Waals surface area contributed by atoms with E-state index in [4.69, 9.17) is 4.74 Å². The summed E-state index contributed by atoms with van der Waals surface area (Å²) >= 11 is 1.26. The van der Waals surface area contributed by atoms with Crippen LogP contribution in [0.5, 0.6) is 5.88 Å². The summed E-state index contributed by atoms with van der Waals surface area (Å²) in [5.74, 6) is 0.711. The summed E-state index contributed by atoms with van der Waals surface area (Å²) in [4.78, 5) is 15.8. The van der Waals surface area contributed by atoms with Crippen molar-refractivity contribution in [3.05, 3.63) is 46.6 Å². The van der Waals surface area contributed by atoms with Gasteiger partial charge in [-0.15, -0.1) is 21.5 Å². The molecule has 0 bridgehead atoms. The zero-order chi connectivity index (χ0) is 22.9. The molecule has 1 aliphatic rings. The molecule has 0 spiro atoms. The Balaban J connectivity index is 1.49. The van der Waals surface area contributed by atoms with Crippen molar-refractivity contribution < 1.29 is 17.9 Å². The number of piperazine rings is 1. The highest BCUT2D eigenvalue weighted by Gasteiger charge is 2.32. The number of amides is 1. The maximum Gasteiger partial charge on any atom is 0.257 e. The number of methoxy groups -OCH3 is 1. The van der Waals surface area contributed by atoms with E-state index in [2.05, 4.69) is 15.3 Å². The molecule has 1 aliphatic heterocycles. The zero-order valence-corrected chi connectivity index (χ0v) is 19.7. The first-order chi connectivity index (χ1) is 15.3. The van der Waals surface area contributed by atoms with Crippen LogP contribution in [0.25, 0.3) is 5.82 Å². The highest BCUT2D eigenvalue weighted by Crippen LogP contribution is 2.26. The molecule has 0 N–H and O–H groups in total. The molecule has 0 aliphatic carbocycles. The second kappa shape index (κ2) is 8.96. The molecule has 4 heterocycles. The first-order valence-corrected chi connectivity index (χ1v) is 12.4. The highest BCUT2D eigenvalue weighted by molar-refractivity contribution is 7.91. The molecule has 0 saturated carbocycles.